The third-order valence-electron chi connectivity index (χ3n) is 3.30. The van der Waals surface area contributed by atoms with Gasteiger partial charge in [-0.2, -0.15) is 22.0 Å². The molecule has 0 saturated heterocycles. The van der Waals surface area contributed by atoms with Crippen LogP contribution in [-0.4, -0.2) is 23.3 Å². The first-order valence-corrected chi connectivity index (χ1v) is 7.33. The molecule has 0 amide bonds. The van der Waals surface area contributed by atoms with Gasteiger partial charge in [0.15, 0.2) is 0 Å². The lowest BCUT2D eigenvalue weighted by atomic mass is 10.0. The molecule has 6 heteroatoms. The lowest BCUT2D eigenvalue weighted by Gasteiger charge is -2.22. The summed E-state index contributed by atoms with van der Waals surface area (Å²) < 4.78 is 61.1. The summed E-state index contributed by atoms with van der Waals surface area (Å²) in [5.41, 5.74) is 0. The second-order valence-electron chi connectivity index (χ2n) is 5.32. The number of hydrogen-bond acceptors (Lipinski definition) is 1. The van der Waals surface area contributed by atoms with Gasteiger partial charge in [0.2, 0.25) is 0 Å². The number of halogens is 5. The zero-order valence-corrected chi connectivity index (χ0v) is 12.0. The lowest BCUT2D eigenvalue weighted by molar-refractivity contribution is -0.290. The van der Waals surface area contributed by atoms with E-state index in [4.69, 9.17) is 0 Å². The molecular weight excluding hydrogens is 279 g/mol. The van der Waals surface area contributed by atoms with Crippen molar-refractivity contribution in [3.05, 3.63) is 0 Å². The molecule has 0 aromatic rings. The molecule has 0 heterocycles. The van der Waals surface area contributed by atoms with Crippen LogP contribution in [0.15, 0.2) is 0 Å². The fraction of sp³-hybridized carbons (Fsp3) is 1.00. The van der Waals surface area contributed by atoms with E-state index in [1.54, 1.807) is 0 Å². The number of aliphatic hydroxyl groups is 1. The molecule has 0 aliphatic heterocycles. The van der Waals surface area contributed by atoms with Crippen molar-refractivity contribution in [2.45, 2.75) is 89.3 Å². The monoisotopic (exact) mass is 304 g/mol. The molecule has 20 heavy (non-hydrogen) atoms. The molecule has 0 aromatic carbocycles. The molecule has 122 valence electrons. The van der Waals surface area contributed by atoms with Crippen molar-refractivity contribution in [1.29, 1.82) is 0 Å². The van der Waals surface area contributed by atoms with Crippen molar-refractivity contribution in [1.82, 2.24) is 0 Å². The summed E-state index contributed by atoms with van der Waals surface area (Å²) in [4.78, 5) is 0. The van der Waals surface area contributed by atoms with Gasteiger partial charge in [-0.15, -0.1) is 0 Å². The second kappa shape index (κ2) is 9.53. The van der Waals surface area contributed by atoms with Gasteiger partial charge in [0.05, 0.1) is 6.10 Å². The molecule has 0 aliphatic carbocycles. The van der Waals surface area contributed by atoms with Crippen molar-refractivity contribution in [3.63, 3.8) is 0 Å². The van der Waals surface area contributed by atoms with Crippen LogP contribution in [0.1, 0.15) is 71.1 Å². The standard InChI is InChI=1S/C14H25F5O/c1-2-3-4-5-6-7-8-9-10-12(20)11-13(15,16)14(17,18)19/h12,20H,2-11H2,1H3. The molecule has 0 radical (unpaired) electrons. The molecule has 0 bridgehead atoms. The van der Waals surface area contributed by atoms with E-state index < -0.39 is 24.6 Å². The van der Waals surface area contributed by atoms with Crippen molar-refractivity contribution in [2.75, 3.05) is 0 Å². The molecule has 1 atom stereocenters. The van der Waals surface area contributed by atoms with Crippen LogP contribution in [0.4, 0.5) is 22.0 Å². The number of aliphatic hydroxyl groups excluding tert-OH is 1. The van der Waals surface area contributed by atoms with E-state index in [0.717, 1.165) is 25.7 Å². The number of hydrogen-bond donors (Lipinski definition) is 1. The van der Waals surface area contributed by atoms with Crippen LogP contribution in [0.2, 0.25) is 0 Å². The third kappa shape index (κ3) is 8.72. The summed E-state index contributed by atoms with van der Waals surface area (Å²) in [6.07, 6.45) is -0.790. The maximum Gasteiger partial charge on any atom is 0.453 e. The van der Waals surface area contributed by atoms with Crippen LogP contribution < -0.4 is 0 Å². The Kier molecular flexibility index (Phi) is 9.34. The first kappa shape index (κ1) is 19.6. The Balaban J connectivity index is 3.62. The van der Waals surface area contributed by atoms with E-state index in [-0.39, 0.29) is 6.42 Å². The summed E-state index contributed by atoms with van der Waals surface area (Å²) >= 11 is 0. The smallest absolute Gasteiger partial charge is 0.393 e. The van der Waals surface area contributed by atoms with Gasteiger partial charge in [-0.05, 0) is 6.42 Å². The fourth-order valence-corrected chi connectivity index (χ4v) is 2.03. The topological polar surface area (TPSA) is 20.2 Å². The van der Waals surface area contributed by atoms with Gasteiger partial charge in [0, 0.05) is 6.42 Å². The van der Waals surface area contributed by atoms with Crippen molar-refractivity contribution < 1.29 is 27.1 Å². The molecule has 0 fully saturated rings. The van der Waals surface area contributed by atoms with Gasteiger partial charge in [-0.1, -0.05) is 58.3 Å². The Bertz CT molecular complexity index is 240. The van der Waals surface area contributed by atoms with Crippen molar-refractivity contribution in [3.8, 4) is 0 Å². The number of alkyl halides is 5. The van der Waals surface area contributed by atoms with Gasteiger partial charge < -0.3 is 5.11 Å². The highest BCUT2D eigenvalue weighted by Crippen LogP contribution is 2.39. The van der Waals surface area contributed by atoms with E-state index in [9.17, 15) is 27.1 Å². The highest BCUT2D eigenvalue weighted by atomic mass is 19.4. The summed E-state index contributed by atoms with van der Waals surface area (Å²) in [6, 6.07) is 0. The minimum absolute atomic E-state index is 0.000625. The molecule has 1 unspecified atom stereocenters. The molecule has 1 N–H and O–H groups in total. The van der Waals surface area contributed by atoms with Gasteiger partial charge in [0.1, 0.15) is 0 Å². The molecule has 0 spiro atoms. The fourth-order valence-electron chi connectivity index (χ4n) is 2.03. The Morgan fingerprint density at radius 1 is 0.800 bits per heavy atom. The highest BCUT2D eigenvalue weighted by Gasteiger charge is 2.57. The largest absolute Gasteiger partial charge is 0.453 e. The first-order valence-electron chi connectivity index (χ1n) is 7.33. The second-order valence-corrected chi connectivity index (χ2v) is 5.32. The minimum Gasteiger partial charge on any atom is -0.393 e. The average Bonchev–Trinajstić information content (AvgIpc) is 2.30. The van der Waals surface area contributed by atoms with E-state index >= 15 is 0 Å². The minimum atomic E-state index is -5.58. The maximum absolute atomic E-state index is 12.6. The van der Waals surface area contributed by atoms with Crippen LogP contribution in [0.3, 0.4) is 0 Å². The van der Waals surface area contributed by atoms with Gasteiger partial charge in [-0.25, -0.2) is 0 Å². The van der Waals surface area contributed by atoms with Crippen LogP contribution >= 0.6 is 0 Å². The Hall–Kier alpha value is -0.390. The summed E-state index contributed by atoms with van der Waals surface area (Å²) in [5, 5.41) is 9.24. The van der Waals surface area contributed by atoms with Crippen molar-refractivity contribution >= 4 is 0 Å². The lowest BCUT2D eigenvalue weighted by Crippen LogP contribution is -2.39. The van der Waals surface area contributed by atoms with E-state index in [1.807, 2.05) is 0 Å². The predicted octanol–water partition coefficient (Wildman–Crippen LogP) is 5.47. The van der Waals surface area contributed by atoms with Gasteiger partial charge >= 0.3 is 12.1 Å². The van der Waals surface area contributed by atoms with Gasteiger partial charge in [0.25, 0.3) is 0 Å². The first-order chi connectivity index (χ1) is 9.20. The molecular formula is C14H25F5O. The summed E-state index contributed by atoms with van der Waals surface area (Å²) in [7, 11) is 0. The molecule has 0 rings (SSSR count). The molecule has 1 nitrogen and oxygen atoms in total. The number of rotatable bonds is 11. The van der Waals surface area contributed by atoms with Gasteiger partial charge in [-0.3, -0.25) is 0 Å². The quantitative estimate of drug-likeness (QED) is 0.396. The number of unbranched alkanes of at least 4 members (excludes halogenated alkanes) is 7. The SMILES string of the molecule is CCCCCCCCCCC(O)CC(F)(F)C(F)(F)F. The van der Waals surface area contributed by atoms with Crippen molar-refractivity contribution in [2.24, 2.45) is 0 Å². The van der Waals surface area contributed by atoms with Crippen LogP contribution in [0.5, 0.6) is 0 Å². The van der Waals surface area contributed by atoms with Crippen LogP contribution in [0.25, 0.3) is 0 Å². The predicted molar refractivity (Wildman–Crippen MR) is 68.9 cm³/mol. The van der Waals surface area contributed by atoms with E-state index in [1.165, 1.54) is 19.3 Å². The zero-order chi connectivity index (χ0) is 15.6. The third-order valence-corrected chi connectivity index (χ3v) is 3.30. The van der Waals surface area contributed by atoms with Crippen LogP contribution in [-0.2, 0) is 0 Å². The highest BCUT2D eigenvalue weighted by molar-refractivity contribution is 4.79. The molecule has 0 aliphatic rings. The Morgan fingerprint density at radius 3 is 1.70 bits per heavy atom. The summed E-state index contributed by atoms with van der Waals surface area (Å²) in [5.74, 6) is -4.80. The molecule has 0 aromatic heterocycles. The Morgan fingerprint density at radius 2 is 1.25 bits per heavy atom. The van der Waals surface area contributed by atoms with E-state index in [2.05, 4.69) is 6.92 Å². The normalized spacial score (nSPS) is 14.6. The summed E-state index contributed by atoms with van der Waals surface area (Å²) in [6.45, 7) is 2.12. The van der Waals surface area contributed by atoms with E-state index in [0.29, 0.717) is 6.42 Å². The average molecular weight is 304 g/mol. The zero-order valence-electron chi connectivity index (χ0n) is 12.0. The van der Waals surface area contributed by atoms with Crippen LogP contribution in [0, 0.1) is 0 Å². The molecule has 0 saturated carbocycles. The Labute approximate surface area is 117 Å². The maximum atomic E-state index is 12.6.